The van der Waals surface area contributed by atoms with Crippen molar-refractivity contribution in [2.24, 2.45) is 0 Å². The van der Waals surface area contributed by atoms with Crippen LogP contribution < -0.4 is 5.32 Å². The first-order valence-electron chi connectivity index (χ1n) is 5.85. The van der Waals surface area contributed by atoms with Gasteiger partial charge in [-0.2, -0.15) is 0 Å². The highest BCUT2D eigenvalue weighted by Gasteiger charge is 2.09. The van der Waals surface area contributed by atoms with Gasteiger partial charge in [0.05, 0.1) is 19.5 Å². The van der Waals surface area contributed by atoms with Crippen molar-refractivity contribution in [3.05, 3.63) is 28.8 Å². The van der Waals surface area contributed by atoms with Gasteiger partial charge in [0.1, 0.15) is 0 Å². The number of rotatable bonds is 8. The summed E-state index contributed by atoms with van der Waals surface area (Å²) in [7, 11) is 3.04. The SMILES string of the molecule is COCCNCc1c(Cl)cccc1SCC(=O)OC. The Morgan fingerprint density at radius 1 is 1.42 bits per heavy atom. The van der Waals surface area contributed by atoms with Crippen LogP contribution in [0.3, 0.4) is 0 Å². The van der Waals surface area contributed by atoms with E-state index in [0.29, 0.717) is 18.2 Å². The molecule has 0 unspecified atom stereocenters. The van der Waals surface area contributed by atoms with Crippen molar-refractivity contribution in [1.82, 2.24) is 5.32 Å². The summed E-state index contributed by atoms with van der Waals surface area (Å²) in [5, 5.41) is 3.94. The lowest BCUT2D eigenvalue weighted by Crippen LogP contribution is -2.19. The predicted octanol–water partition coefficient (Wildman–Crippen LogP) is 2.34. The highest BCUT2D eigenvalue weighted by Crippen LogP contribution is 2.28. The third kappa shape index (κ3) is 5.82. The van der Waals surface area contributed by atoms with Crippen LogP contribution in [0.15, 0.2) is 23.1 Å². The Kier molecular flexibility index (Phi) is 7.90. The van der Waals surface area contributed by atoms with E-state index in [0.717, 1.165) is 17.0 Å². The van der Waals surface area contributed by atoms with Crippen LogP contribution in [0.1, 0.15) is 5.56 Å². The highest BCUT2D eigenvalue weighted by molar-refractivity contribution is 8.00. The lowest BCUT2D eigenvalue weighted by Gasteiger charge is -2.11. The van der Waals surface area contributed by atoms with Gasteiger partial charge in [-0.1, -0.05) is 17.7 Å². The molecule has 0 aliphatic carbocycles. The number of benzene rings is 1. The maximum absolute atomic E-state index is 11.2. The number of halogens is 1. The molecule has 0 fully saturated rings. The molecule has 0 saturated heterocycles. The summed E-state index contributed by atoms with van der Waals surface area (Å²) in [6.07, 6.45) is 0. The molecule has 1 N–H and O–H groups in total. The minimum absolute atomic E-state index is 0.247. The molecule has 1 aromatic carbocycles. The van der Waals surface area contributed by atoms with Crippen molar-refractivity contribution in [3.63, 3.8) is 0 Å². The van der Waals surface area contributed by atoms with Crippen LogP contribution in [0.25, 0.3) is 0 Å². The van der Waals surface area contributed by atoms with Crippen LogP contribution in [-0.4, -0.2) is 39.1 Å². The van der Waals surface area contributed by atoms with Gasteiger partial charge in [0.25, 0.3) is 0 Å². The first kappa shape index (κ1) is 16.3. The Hall–Kier alpha value is -0.750. The number of hydrogen-bond donors (Lipinski definition) is 1. The van der Waals surface area contributed by atoms with E-state index in [4.69, 9.17) is 16.3 Å². The molecule has 19 heavy (non-hydrogen) atoms. The van der Waals surface area contributed by atoms with Gasteiger partial charge in [-0.05, 0) is 17.7 Å². The van der Waals surface area contributed by atoms with Gasteiger partial charge < -0.3 is 14.8 Å². The molecule has 1 rings (SSSR count). The molecule has 0 amide bonds. The van der Waals surface area contributed by atoms with Crippen molar-refractivity contribution in [1.29, 1.82) is 0 Å². The molecule has 0 bridgehead atoms. The summed E-state index contributed by atoms with van der Waals surface area (Å²) in [4.78, 5) is 12.2. The van der Waals surface area contributed by atoms with Gasteiger partial charge in [0.15, 0.2) is 0 Å². The standard InChI is InChI=1S/C13H18ClNO3S/c1-17-7-6-15-8-10-11(14)4-3-5-12(10)19-9-13(16)18-2/h3-5,15H,6-9H2,1-2H3. The zero-order chi connectivity index (χ0) is 14.1. The Morgan fingerprint density at radius 3 is 2.89 bits per heavy atom. The van der Waals surface area contributed by atoms with Gasteiger partial charge in [-0.3, -0.25) is 4.79 Å². The zero-order valence-corrected chi connectivity index (χ0v) is 12.6. The van der Waals surface area contributed by atoms with Crippen molar-refractivity contribution < 1.29 is 14.3 Å². The summed E-state index contributed by atoms with van der Waals surface area (Å²) >= 11 is 7.62. The van der Waals surface area contributed by atoms with Gasteiger partial charge in [-0.25, -0.2) is 0 Å². The number of thioether (sulfide) groups is 1. The number of ether oxygens (including phenoxy) is 2. The number of carbonyl (C=O) groups is 1. The molecule has 0 heterocycles. The summed E-state index contributed by atoms with van der Waals surface area (Å²) < 4.78 is 9.60. The third-order valence-corrected chi connectivity index (χ3v) is 3.86. The second-order valence-corrected chi connectivity index (χ2v) is 5.18. The molecule has 0 radical (unpaired) electrons. The molecule has 6 heteroatoms. The van der Waals surface area contributed by atoms with Gasteiger partial charge >= 0.3 is 5.97 Å². The van der Waals surface area contributed by atoms with Gasteiger partial charge in [0.2, 0.25) is 0 Å². The fraction of sp³-hybridized carbons (Fsp3) is 0.462. The summed E-state index contributed by atoms with van der Waals surface area (Å²) in [6.45, 7) is 2.05. The molecule has 106 valence electrons. The largest absolute Gasteiger partial charge is 0.468 e. The van der Waals surface area contributed by atoms with Crippen LogP contribution in [-0.2, 0) is 20.8 Å². The second kappa shape index (κ2) is 9.20. The van der Waals surface area contributed by atoms with Crippen molar-refractivity contribution in [2.75, 3.05) is 33.1 Å². The molecule has 0 aromatic heterocycles. The number of esters is 1. The normalized spacial score (nSPS) is 10.5. The fourth-order valence-corrected chi connectivity index (χ4v) is 2.65. The molecule has 0 saturated carbocycles. The third-order valence-electron chi connectivity index (χ3n) is 2.43. The Balaban J connectivity index is 2.63. The first-order valence-corrected chi connectivity index (χ1v) is 7.22. The predicted molar refractivity (Wildman–Crippen MR) is 77.8 cm³/mol. The van der Waals surface area contributed by atoms with E-state index in [1.807, 2.05) is 18.2 Å². The molecule has 0 aliphatic heterocycles. The quantitative estimate of drug-likeness (QED) is 0.454. The monoisotopic (exact) mass is 303 g/mol. The van der Waals surface area contributed by atoms with Crippen LogP contribution in [0.2, 0.25) is 5.02 Å². The minimum Gasteiger partial charge on any atom is -0.468 e. The van der Waals surface area contributed by atoms with E-state index in [2.05, 4.69) is 10.1 Å². The van der Waals surface area contributed by atoms with E-state index in [1.54, 1.807) is 7.11 Å². The van der Waals surface area contributed by atoms with Gasteiger partial charge in [-0.15, -0.1) is 11.8 Å². The van der Waals surface area contributed by atoms with E-state index in [-0.39, 0.29) is 11.7 Å². The van der Waals surface area contributed by atoms with Gasteiger partial charge in [0, 0.05) is 30.1 Å². The lowest BCUT2D eigenvalue weighted by molar-refractivity contribution is -0.137. The Labute approximate surface area is 122 Å². The van der Waals surface area contributed by atoms with Crippen molar-refractivity contribution in [3.8, 4) is 0 Å². The fourth-order valence-electron chi connectivity index (χ4n) is 1.43. The molecule has 0 atom stereocenters. The van der Waals surface area contributed by atoms with Crippen LogP contribution >= 0.6 is 23.4 Å². The number of nitrogens with one attached hydrogen (secondary N) is 1. The molecule has 4 nitrogen and oxygen atoms in total. The van der Waals surface area contributed by atoms with Crippen molar-refractivity contribution >= 4 is 29.3 Å². The average Bonchev–Trinajstić information content (AvgIpc) is 2.42. The minimum atomic E-state index is -0.247. The highest BCUT2D eigenvalue weighted by atomic mass is 35.5. The van der Waals surface area contributed by atoms with Crippen molar-refractivity contribution in [2.45, 2.75) is 11.4 Å². The number of hydrogen-bond acceptors (Lipinski definition) is 5. The molecule has 1 aromatic rings. The Bertz CT molecular complexity index is 415. The van der Waals surface area contributed by atoms with E-state index < -0.39 is 0 Å². The maximum Gasteiger partial charge on any atom is 0.315 e. The molecule has 0 aliphatic rings. The molecule has 0 spiro atoms. The number of carbonyl (C=O) groups excluding carboxylic acids is 1. The van der Waals surface area contributed by atoms with Crippen LogP contribution in [0.4, 0.5) is 0 Å². The first-order chi connectivity index (χ1) is 9.19. The smallest absolute Gasteiger partial charge is 0.315 e. The molecular formula is C13H18ClNO3S. The lowest BCUT2D eigenvalue weighted by atomic mass is 10.2. The summed E-state index contributed by atoms with van der Waals surface area (Å²) in [5.74, 6) is 0.0327. The topological polar surface area (TPSA) is 47.6 Å². The van der Waals surface area contributed by atoms with E-state index in [9.17, 15) is 4.79 Å². The molecular weight excluding hydrogens is 286 g/mol. The zero-order valence-electron chi connectivity index (χ0n) is 11.1. The summed E-state index contributed by atoms with van der Waals surface area (Å²) in [5.41, 5.74) is 0.995. The Morgan fingerprint density at radius 2 is 2.21 bits per heavy atom. The van der Waals surface area contributed by atoms with Crippen LogP contribution in [0.5, 0.6) is 0 Å². The summed E-state index contributed by atoms with van der Waals surface area (Å²) in [6, 6.07) is 5.67. The maximum atomic E-state index is 11.2. The van der Waals surface area contributed by atoms with E-state index in [1.165, 1.54) is 18.9 Å². The second-order valence-electron chi connectivity index (χ2n) is 3.75. The number of methoxy groups -OCH3 is 2. The van der Waals surface area contributed by atoms with Crippen LogP contribution in [0, 0.1) is 0 Å². The average molecular weight is 304 g/mol. The van der Waals surface area contributed by atoms with E-state index >= 15 is 0 Å².